The van der Waals surface area contributed by atoms with Crippen LogP contribution in [0.2, 0.25) is 0 Å². The lowest BCUT2D eigenvalue weighted by Gasteiger charge is -2.35. The number of rotatable bonds is 7. The van der Waals surface area contributed by atoms with Crippen LogP contribution in [-0.4, -0.2) is 60.4 Å². The smallest absolute Gasteiger partial charge is 0.236 e. The van der Waals surface area contributed by atoms with Crippen molar-refractivity contribution in [3.8, 4) is 0 Å². The van der Waals surface area contributed by atoms with Crippen molar-refractivity contribution >= 4 is 11.7 Å². The lowest BCUT2D eigenvalue weighted by Crippen LogP contribution is -2.52. The van der Waals surface area contributed by atoms with Gasteiger partial charge in [-0.2, -0.15) is 0 Å². The van der Waals surface area contributed by atoms with Crippen molar-refractivity contribution in [2.24, 2.45) is 16.3 Å². The molecular weight excluding hydrogens is 274 g/mol. The van der Waals surface area contributed by atoms with Crippen molar-refractivity contribution in [1.29, 1.82) is 0 Å². The molecule has 1 aliphatic carbocycles. The summed E-state index contributed by atoms with van der Waals surface area (Å²) in [5, 5.41) is 21.4. The number of nitrogens with two attached hydrogens (primary N) is 1. The number of hydrogen-bond acceptors (Lipinski definition) is 5. The zero-order valence-electron chi connectivity index (χ0n) is 12.8. The molecule has 1 rings (SSSR count). The summed E-state index contributed by atoms with van der Waals surface area (Å²) in [6.07, 6.45) is 5.00. The van der Waals surface area contributed by atoms with Crippen LogP contribution < -0.4 is 5.73 Å². The fraction of sp³-hybridized carbons (Fsp3) is 0.857. The highest BCUT2D eigenvalue weighted by Gasteiger charge is 2.45. The zero-order valence-corrected chi connectivity index (χ0v) is 12.8. The van der Waals surface area contributed by atoms with Crippen LogP contribution >= 0.6 is 0 Å². The lowest BCUT2D eigenvalue weighted by atomic mass is 9.77. The summed E-state index contributed by atoms with van der Waals surface area (Å²) in [5.74, 6) is -0.194. The first kappa shape index (κ1) is 17.7. The molecule has 4 N–H and O–H groups in total. The third-order valence-corrected chi connectivity index (χ3v) is 4.19. The molecule has 0 atom stereocenters. The van der Waals surface area contributed by atoms with Crippen LogP contribution in [-0.2, 0) is 9.53 Å². The molecule has 21 heavy (non-hydrogen) atoms. The molecule has 0 radical (unpaired) electrons. The number of nitrogens with zero attached hydrogens (tertiary/aromatic N) is 2. The van der Waals surface area contributed by atoms with Gasteiger partial charge in [0, 0.05) is 20.2 Å². The van der Waals surface area contributed by atoms with E-state index in [0.29, 0.717) is 26.0 Å². The van der Waals surface area contributed by atoms with Crippen LogP contribution in [0.5, 0.6) is 0 Å². The number of amidine groups is 1. The van der Waals surface area contributed by atoms with Crippen LogP contribution in [0.15, 0.2) is 5.16 Å². The number of aliphatic hydroxyl groups excluding tert-OH is 1. The highest BCUT2D eigenvalue weighted by Crippen LogP contribution is 2.37. The molecule has 7 nitrogen and oxygen atoms in total. The SMILES string of the molecule is COCCN(CCO)C(=O)C1(C(N)=NO)CCCCCC1. The summed E-state index contributed by atoms with van der Waals surface area (Å²) < 4.78 is 5.01. The van der Waals surface area contributed by atoms with E-state index in [-0.39, 0.29) is 24.9 Å². The molecule has 0 heterocycles. The molecular formula is C14H27N3O4. The number of carbonyl (C=O) groups is 1. The van der Waals surface area contributed by atoms with E-state index in [1.165, 1.54) is 0 Å². The molecule has 0 saturated heterocycles. The third-order valence-electron chi connectivity index (χ3n) is 4.19. The maximum absolute atomic E-state index is 13.0. The van der Waals surface area contributed by atoms with Crippen molar-refractivity contribution in [2.45, 2.75) is 38.5 Å². The van der Waals surface area contributed by atoms with Gasteiger partial charge in [-0.3, -0.25) is 4.79 Å². The average Bonchev–Trinajstić information content (AvgIpc) is 2.76. The van der Waals surface area contributed by atoms with Gasteiger partial charge in [-0.05, 0) is 12.8 Å². The highest BCUT2D eigenvalue weighted by atomic mass is 16.5. The van der Waals surface area contributed by atoms with Crippen LogP contribution in [0.3, 0.4) is 0 Å². The van der Waals surface area contributed by atoms with Gasteiger partial charge in [0.15, 0.2) is 5.84 Å². The van der Waals surface area contributed by atoms with E-state index in [1.807, 2.05) is 0 Å². The van der Waals surface area contributed by atoms with Gasteiger partial charge in [-0.25, -0.2) is 0 Å². The summed E-state index contributed by atoms with van der Waals surface area (Å²) in [6, 6.07) is 0. The minimum atomic E-state index is -0.950. The molecule has 1 amide bonds. The first-order valence-electron chi connectivity index (χ1n) is 7.49. The number of oxime groups is 1. The molecule has 0 unspecified atom stereocenters. The third kappa shape index (κ3) is 4.31. The first-order valence-corrected chi connectivity index (χ1v) is 7.49. The molecule has 0 aromatic heterocycles. The summed E-state index contributed by atoms with van der Waals surface area (Å²) in [6.45, 7) is 0.874. The van der Waals surface area contributed by atoms with Crippen molar-refractivity contribution in [2.75, 3.05) is 33.4 Å². The number of amides is 1. The van der Waals surface area contributed by atoms with Crippen LogP contribution in [0.25, 0.3) is 0 Å². The summed E-state index contributed by atoms with van der Waals surface area (Å²) >= 11 is 0. The molecule has 1 fully saturated rings. The quantitative estimate of drug-likeness (QED) is 0.209. The van der Waals surface area contributed by atoms with Gasteiger partial charge in [0.05, 0.1) is 13.2 Å². The van der Waals surface area contributed by atoms with E-state index in [4.69, 9.17) is 15.7 Å². The predicted molar refractivity (Wildman–Crippen MR) is 79.1 cm³/mol. The zero-order chi connectivity index (χ0) is 15.7. The van der Waals surface area contributed by atoms with E-state index in [0.717, 1.165) is 25.7 Å². The Balaban J connectivity index is 3.01. The molecule has 1 saturated carbocycles. The topological polar surface area (TPSA) is 108 Å². The molecule has 0 spiro atoms. The number of ether oxygens (including phenoxy) is 1. The lowest BCUT2D eigenvalue weighted by molar-refractivity contribution is -0.140. The highest BCUT2D eigenvalue weighted by molar-refractivity contribution is 6.06. The summed E-state index contributed by atoms with van der Waals surface area (Å²) in [4.78, 5) is 14.5. The summed E-state index contributed by atoms with van der Waals surface area (Å²) in [5.41, 5.74) is 4.92. The van der Waals surface area contributed by atoms with E-state index in [9.17, 15) is 9.90 Å². The fourth-order valence-corrected chi connectivity index (χ4v) is 2.95. The van der Waals surface area contributed by atoms with Crippen molar-refractivity contribution in [3.63, 3.8) is 0 Å². The number of carbonyl (C=O) groups excluding carboxylic acids is 1. The molecule has 0 aromatic rings. The van der Waals surface area contributed by atoms with E-state index >= 15 is 0 Å². The largest absolute Gasteiger partial charge is 0.409 e. The van der Waals surface area contributed by atoms with Gasteiger partial charge in [0.1, 0.15) is 5.41 Å². The second kappa shape index (κ2) is 8.84. The Morgan fingerprint density at radius 1 is 1.29 bits per heavy atom. The van der Waals surface area contributed by atoms with Crippen LogP contribution in [0.4, 0.5) is 0 Å². The normalized spacial score (nSPS) is 19.0. The van der Waals surface area contributed by atoms with Gasteiger partial charge in [-0.15, -0.1) is 0 Å². The van der Waals surface area contributed by atoms with E-state index in [1.54, 1.807) is 12.0 Å². The van der Waals surface area contributed by atoms with Gasteiger partial charge < -0.3 is 25.7 Å². The van der Waals surface area contributed by atoms with Crippen molar-refractivity contribution in [1.82, 2.24) is 4.90 Å². The molecule has 0 bridgehead atoms. The van der Waals surface area contributed by atoms with Crippen molar-refractivity contribution < 1.29 is 19.8 Å². The number of hydrogen-bond donors (Lipinski definition) is 3. The monoisotopic (exact) mass is 301 g/mol. The Bertz CT molecular complexity index is 352. The average molecular weight is 301 g/mol. The standard InChI is InChI=1S/C14H27N3O4/c1-21-11-9-17(8-10-18)13(19)14(12(15)16-20)6-4-2-3-5-7-14/h18,20H,2-11H2,1H3,(H2,15,16). The number of aliphatic hydroxyl groups is 1. The van der Waals surface area contributed by atoms with Gasteiger partial charge in [0.2, 0.25) is 5.91 Å². The molecule has 1 aliphatic rings. The Morgan fingerprint density at radius 2 is 1.90 bits per heavy atom. The van der Waals surface area contributed by atoms with Crippen LogP contribution in [0.1, 0.15) is 38.5 Å². The Hall–Kier alpha value is -1.34. The van der Waals surface area contributed by atoms with Gasteiger partial charge >= 0.3 is 0 Å². The Morgan fingerprint density at radius 3 is 2.38 bits per heavy atom. The first-order chi connectivity index (χ1) is 10.1. The summed E-state index contributed by atoms with van der Waals surface area (Å²) in [7, 11) is 1.56. The maximum Gasteiger partial charge on any atom is 0.236 e. The molecule has 122 valence electrons. The fourth-order valence-electron chi connectivity index (χ4n) is 2.95. The minimum absolute atomic E-state index is 0.0187. The molecule has 0 aromatic carbocycles. The predicted octanol–water partition coefficient (Wildman–Crippen LogP) is 0.541. The molecule has 7 heteroatoms. The van der Waals surface area contributed by atoms with Crippen molar-refractivity contribution in [3.05, 3.63) is 0 Å². The Kier molecular flexibility index (Phi) is 7.45. The second-order valence-corrected chi connectivity index (χ2v) is 5.49. The van der Waals surface area contributed by atoms with Gasteiger partial charge in [-0.1, -0.05) is 30.8 Å². The molecule has 0 aliphatic heterocycles. The van der Waals surface area contributed by atoms with E-state index < -0.39 is 5.41 Å². The Labute approximate surface area is 125 Å². The second-order valence-electron chi connectivity index (χ2n) is 5.49. The minimum Gasteiger partial charge on any atom is -0.409 e. The number of methoxy groups -OCH3 is 1. The van der Waals surface area contributed by atoms with E-state index in [2.05, 4.69) is 5.16 Å². The van der Waals surface area contributed by atoms with Gasteiger partial charge in [0.25, 0.3) is 0 Å². The maximum atomic E-state index is 13.0. The van der Waals surface area contributed by atoms with Crippen LogP contribution in [0, 0.1) is 5.41 Å².